The van der Waals surface area contributed by atoms with Crippen LogP contribution in [0.25, 0.3) is 0 Å². The van der Waals surface area contributed by atoms with Gasteiger partial charge in [0.05, 0.1) is 28.3 Å². The number of thiophene rings is 1. The molecule has 4 nitrogen and oxygen atoms in total. The SMILES string of the molecule is CC(C)OC(OC(C)C)c1ccc(B2OC(C)(C)C(C)(C)O2)s1. The highest BCUT2D eigenvalue weighted by Gasteiger charge is 2.52. The third kappa shape index (κ3) is 4.37. The second-order valence-electron chi connectivity index (χ2n) is 7.53. The first-order valence-corrected chi connectivity index (χ1v) is 9.09. The number of hydrogen-bond acceptors (Lipinski definition) is 5. The molecule has 0 saturated carbocycles. The van der Waals surface area contributed by atoms with Crippen LogP contribution in [0.1, 0.15) is 66.6 Å². The van der Waals surface area contributed by atoms with Gasteiger partial charge in [-0.15, -0.1) is 11.3 Å². The summed E-state index contributed by atoms with van der Waals surface area (Å²) in [5, 5.41) is 0. The van der Waals surface area contributed by atoms with Gasteiger partial charge in [0.15, 0.2) is 6.29 Å². The number of rotatable bonds is 6. The summed E-state index contributed by atoms with van der Waals surface area (Å²) in [4.78, 5) is 1.04. The van der Waals surface area contributed by atoms with Crippen LogP contribution in [0.4, 0.5) is 0 Å². The van der Waals surface area contributed by atoms with Gasteiger partial charge in [0, 0.05) is 4.78 Å². The van der Waals surface area contributed by atoms with Gasteiger partial charge in [-0.05, 0) is 61.5 Å². The van der Waals surface area contributed by atoms with Crippen LogP contribution in [0.2, 0.25) is 0 Å². The molecule has 0 N–H and O–H groups in total. The Morgan fingerprint density at radius 1 is 0.913 bits per heavy atom. The van der Waals surface area contributed by atoms with Gasteiger partial charge in [0.25, 0.3) is 0 Å². The van der Waals surface area contributed by atoms with Crippen molar-refractivity contribution in [3.8, 4) is 0 Å². The van der Waals surface area contributed by atoms with E-state index in [4.69, 9.17) is 18.8 Å². The van der Waals surface area contributed by atoms with Gasteiger partial charge in [-0.3, -0.25) is 0 Å². The first-order valence-electron chi connectivity index (χ1n) is 8.28. The van der Waals surface area contributed by atoms with Crippen LogP contribution in [0.3, 0.4) is 0 Å². The molecule has 1 aliphatic heterocycles. The van der Waals surface area contributed by atoms with Gasteiger partial charge in [-0.2, -0.15) is 0 Å². The van der Waals surface area contributed by atoms with E-state index in [1.54, 1.807) is 11.3 Å². The van der Waals surface area contributed by atoms with E-state index in [1.165, 1.54) is 0 Å². The largest absolute Gasteiger partial charge is 0.505 e. The second kappa shape index (κ2) is 6.85. The third-order valence-electron chi connectivity index (χ3n) is 4.16. The summed E-state index contributed by atoms with van der Waals surface area (Å²) in [6.07, 6.45) is -0.154. The zero-order chi connectivity index (χ0) is 17.4. The monoisotopic (exact) mass is 340 g/mol. The lowest BCUT2D eigenvalue weighted by Gasteiger charge is -2.32. The standard InChI is InChI=1S/C17H29BO4S/c1-11(2)19-15(20-12(3)4)13-9-10-14(23-13)18-21-16(5,6)17(7,8)22-18/h9-12,15H,1-8H3. The van der Waals surface area contributed by atoms with Crippen molar-refractivity contribution in [2.24, 2.45) is 0 Å². The highest BCUT2D eigenvalue weighted by atomic mass is 32.1. The van der Waals surface area contributed by atoms with Gasteiger partial charge in [-0.25, -0.2) is 0 Å². The maximum Gasteiger partial charge on any atom is 0.505 e. The Hall–Kier alpha value is -0.395. The molecule has 23 heavy (non-hydrogen) atoms. The predicted molar refractivity (Wildman–Crippen MR) is 95.2 cm³/mol. The lowest BCUT2D eigenvalue weighted by atomic mass is 9.88. The summed E-state index contributed by atoms with van der Waals surface area (Å²) in [6.45, 7) is 16.3. The van der Waals surface area contributed by atoms with Crippen LogP contribution in [-0.4, -0.2) is 30.5 Å². The summed E-state index contributed by atoms with van der Waals surface area (Å²) in [5.74, 6) is 0. The molecule has 1 aromatic rings. The average molecular weight is 340 g/mol. The Bertz CT molecular complexity index is 482. The first-order chi connectivity index (χ1) is 10.5. The molecule has 0 atom stereocenters. The topological polar surface area (TPSA) is 36.9 Å². The molecule has 1 aromatic heterocycles. The average Bonchev–Trinajstić information content (AvgIpc) is 2.91. The molecule has 0 radical (unpaired) electrons. The molecule has 130 valence electrons. The predicted octanol–water partition coefficient (Wildman–Crippen LogP) is 3.90. The fourth-order valence-corrected chi connectivity index (χ4v) is 3.19. The van der Waals surface area contributed by atoms with E-state index < -0.39 is 0 Å². The van der Waals surface area contributed by atoms with Crippen LogP contribution in [-0.2, 0) is 18.8 Å². The molecule has 0 bridgehead atoms. The maximum absolute atomic E-state index is 6.11. The van der Waals surface area contributed by atoms with Gasteiger partial charge in [0.2, 0.25) is 0 Å². The Morgan fingerprint density at radius 2 is 1.39 bits per heavy atom. The van der Waals surface area contributed by atoms with E-state index in [1.807, 2.05) is 39.8 Å². The molecule has 2 rings (SSSR count). The maximum atomic E-state index is 6.11. The van der Waals surface area contributed by atoms with Crippen LogP contribution in [0.15, 0.2) is 12.1 Å². The van der Waals surface area contributed by atoms with Crippen molar-refractivity contribution < 1.29 is 18.8 Å². The minimum atomic E-state index is -0.351. The number of hydrogen-bond donors (Lipinski definition) is 0. The second-order valence-corrected chi connectivity index (χ2v) is 8.68. The van der Waals surface area contributed by atoms with Gasteiger partial charge in [0.1, 0.15) is 0 Å². The van der Waals surface area contributed by atoms with Crippen LogP contribution in [0.5, 0.6) is 0 Å². The van der Waals surface area contributed by atoms with E-state index >= 15 is 0 Å². The Morgan fingerprint density at radius 3 is 1.83 bits per heavy atom. The van der Waals surface area contributed by atoms with Crippen molar-refractivity contribution in [1.29, 1.82) is 0 Å². The van der Waals surface area contributed by atoms with Gasteiger partial charge >= 0.3 is 7.12 Å². The summed E-state index contributed by atoms with van der Waals surface area (Å²) in [5.41, 5.74) is -0.659. The van der Waals surface area contributed by atoms with E-state index in [9.17, 15) is 0 Å². The van der Waals surface area contributed by atoms with Crippen molar-refractivity contribution in [1.82, 2.24) is 0 Å². The molecule has 2 heterocycles. The lowest BCUT2D eigenvalue weighted by Crippen LogP contribution is -2.41. The zero-order valence-electron chi connectivity index (χ0n) is 15.5. The molecule has 6 heteroatoms. The molecule has 0 spiro atoms. The summed E-state index contributed by atoms with van der Waals surface area (Å²) >= 11 is 1.62. The Balaban J connectivity index is 2.16. The molecule has 1 aliphatic rings. The highest BCUT2D eigenvalue weighted by Crippen LogP contribution is 2.37. The molecule has 1 saturated heterocycles. The summed E-state index contributed by atoms with van der Waals surface area (Å²) < 4.78 is 25.1. The zero-order valence-corrected chi connectivity index (χ0v) is 16.3. The van der Waals surface area contributed by atoms with Gasteiger partial charge < -0.3 is 18.8 Å². The van der Waals surface area contributed by atoms with Crippen molar-refractivity contribution in [3.05, 3.63) is 17.0 Å². The quantitative estimate of drug-likeness (QED) is 0.581. The molecule has 0 unspecified atom stereocenters. The molecular weight excluding hydrogens is 311 g/mol. The normalized spacial score (nSPS) is 20.2. The molecule has 0 amide bonds. The Labute approximate surface area is 144 Å². The van der Waals surface area contributed by atoms with Crippen LogP contribution < -0.4 is 4.78 Å². The van der Waals surface area contributed by atoms with Crippen molar-refractivity contribution in [3.63, 3.8) is 0 Å². The highest BCUT2D eigenvalue weighted by molar-refractivity contribution is 7.22. The Kier molecular flexibility index (Phi) is 5.64. The minimum absolute atomic E-state index is 0.0983. The first kappa shape index (κ1) is 18.9. The third-order valence-corrected chi connectivity index (χ3v) is 5.29. The van der Waals surface area contributed by atoms with Crippen molar-refractivity contribution in [2.45, 2.75) is 85.1 Å². The smallest absolute Gasteiger partial charge is 0.399 e. The summed E-state index contributed by atoms with van der Waals surface area (Å²) in [7, 11) is -0.336. The van der Waals surface area contributed by atoms with E-state index in [2.05, 4.69) is 27.7 Å². The molecule has 1 fully saturated rings. The molecule has 0 aromatic carbocycles. The van der Waals surface area contributed by atoms with Crippen molar-refractivity contribution in [2.75, 3.05) is 0 Å². The fraction of sp³-hybridized carbons (Fsp3) is 0.765. The number of ether oxygens (including phenoxy) is 2. The lowest BCUT2D eigenvalue weighted by molar-refractivity contribution is -0.183. The van der Waals surface area contributed by atoms with Gasteiger partial charge in [-0.1, -0.05) is 6.07 Å². The summed E-state index contributed by atoms with van der Waals surface area (Å²) in [6, 6.07) is 4.09. The van der Waals surface area contributed by atoms with Crippen LogP contribution >= 0.6 is 11.3 Å². The van der Waals surface area contributed by atoms with E-state index in [-0.39, 0.29) is 36.8 Å². The van der Waals surface area contributed by atoms with E-state index in [0.717, 1.165) is 9.65 Å². The van der Waals surface area contributed by atoms with Crippen molar-refractivity contribution >= 4 is 23.2 Å². The fourth-order valence-electron chi connectivity index (χ4n) is 2.24. The van der Waals surface area contributed by atoms with Crippen LogP contribution in [0, 0.1) is 0 Å². The van der Waals surface area contributed by atoms with E-state index in [0.29, 0.717) is 0 Å². The minimum Gasteiger partial charge on any atom is -0.399 e. The molecular formula is C17H29BO4S. The molecule has 0 aliphatic carbocycles.